The van der Waals surface area contributed by atoms with E-state index in [9.17, 15) is 9.59 Å². The van der Waals surface area contributed by atoms with Crippen LogP contribution in [-0.4, -0.2) is 55.0 Å². The molecular weight excluding hydrogens is 354 g/mol. The maximum Gasteiger partial charge on any atom is 0.314 e. The van der Waals surface area contributed by atoms with Gasteiger partial charge in [-0.25, -0.2) is 4.79 Å². The second kappa shape index (κ2) is 9.08. The summed E-state index contributed by atoms with van der Waals surface area (Å²) < 4.78 is 5.44. The molecule has 1 fully saturated rings. The molecule has 3 amide bonds. The average molecular weight is 379 g/mol. The number of ether oxygens (including phenoxy) is 1. The zero-order valence-electron chi connectivity index (χ0n) is 16.0. The Balaban J connectivity index is 1.94. The highest BCUT2D eigenvalue weighted by Gasteiger charge is 2.24. The molecule has 1 aliphatic heterocycles. The van der Waals surface area contributed by atoms with Crippen molar-refractivity contribution >= 4 is 23.6 Å². The molecule has 1 aliphatic rings. The predicted octanol–water partition coefficient (Wildman–Crippen LogP) is 2.85. The van der Waals surface area contributed by atoms with Crippen LogP contribution < -0.4 is 10.5 Å². The molecule has 6 heteroatoms. The number of methoxy groups -OCH3 is 1. The van der Waals surface area contributed by atoms with Gasteiger partial charge in [0.05, 0.1) is 7.11 Å². The first-order valence-corrected chi connectivity index (χ1v) is 9.34. The van der Waals surface area contributed by atoms with Gasteiger partial charge in [-0.3, -0.25) is 4.79 Å². The lowest BCUT2D eigenvalue weighted by Crippen LogP contribution is -2.39. The van der Waals surface area contributed by atoms with Crippen LogP contribution in [0.5, 0.6) is 5.75 Å². The van der Waals surface area contributed by atoms with Crippen molar-refractivity contribution in [3.63, 3.8) is 0 Å². The quantitative estimate of drug-likeness (QED) is 0.656. The first-order valence-electron chi connectivity index (χ1n) is 9.34. The molecule has 3 rings (SSSR count). The molecule has 0 atom stereocenters. The third kappa shape index (κ3) is 4.52. The SMILES string of the molecule is COc1ccccc1C=C(C(=O)N1CCCN(C(N)=O)CC1)c1ccccc1. The van der Waals surface area contributed by atoms with Crippen molar-refractivity contribution in [2.45, 2.75) is 6.42 Å². The zero-order valence-corrected chi connectivity index (χ0v) is 16.0. The highest BCUT2D eigenvalue weighted by atomic mass is 16.5. The molecule has 2 aromatic rings. The minimum absolute atomic E-state index is 0.0663. The van der Waals surface area contributed by atoms with E-state index >= 15 is 0 Å². The third-order valence-electron chi connectivity index (χ3n) is 4.85. The number of nitrogens with two attached hydrogens (primary N) is 1. The number of benzene rings is 2. The van der Waals surface area contributed by atoms with E-state index < -0.39 is 6.03 Å². The normalized spacial score (nSPS) is 15.1. The van der Waals surface area contributed by atoms with Crippen molar-refractivity contribution in [3.05, 3.63) is 65.7 Å². The molecule has 0 saturated carbocycles. The molecule has 0 aliphatic carbocycles. The van der Waals surface area contributed by atoms with Crippen LogP contribution in [0.15, 0.2) is 54.6 Å². The molecule has 0 aromatic heterocycles. The Morgan fingerprint density at radius 2 is 1.57 bits per heavy atom. The fourth-order valence-electron chi connectivity index (χ4n) is 3.34. The molecule has 0 radical (unpaired) electrons. The molecule has 28 heavy (non-hydrogen) atoms. The fourth-order valence-corrected chi connectivity index (χ4v) is 3.34. The Kier molecular flexibility index (Phi) is 6.32. The van der Waals surface area contributed by atoms with Crippen molar-refractivity contribution in [2.75, 3.05) is 33.3 Å². The first kappa shape index (κ1) is 19.5. The van der Waals surface area contributed by atoms with E-state index in [0.717, 1.165) is 11.1 Å². The van der Waals surface area contributed by atoms with Gasteiger partial charge in [0, 0.05) is 37.3 Å². The summed E-state index contributed by atoms with van der Waals surface area (Å²) in [5, 5.41) is 0. The summed E-state index contributed by atoms with van der Waals surface area (Å²) in [6.45, 7) is 2.05. The second-order valence-electron chi connectivity index (χ2n) is 6.64. The zero-order chi connectivity index (χ0) is 19.9. The Bertz CT molecular complexity index is 864. The number of amides is 3. The summed E-state index contributed by atoms with van der Waals surface area (Å²) in [6, 6.07) is 16.8. The van der Waals surface area contributed by atoms with Gasteiger partial charge in [-0.1, -0.05) is 48.5 Å². The minimum atomic E-state index is -0.442. The Hall–Kier alpha value is -3.28. The van der Waals surface area contributed by atoms with Crippen molar-refractivity contribution in [2.24, 2.45) is 5.73 Å². The molecule has 0 bridgehead atoms. The molecule has 2 aromatic carbocycles. The Morgan fingerprint density at radius 3 is 2.29 bits per heavy atom. The van der Waals surface area contributed by atoms with Gasteiger partial charge in [0.25, 0.3) is 5.91 Å². The lowest BCUT2D eigenvalue weighted by atomic mass is 10.0. The molecule has 1 saturated heterocycles. The van der Waals surface area contributed by atoms with Crippen LogP contribution in [0.1, 0.15) is 17.5 Å². The number of para-hydroxylation sites is 1. The molecular formula is C22H25N3O3. The summed E-state index contributed by atoms with van der Waals surface area (Å²) in [5.41, 5.74) is 7.68. The summed E-state index contributed by atoms with van der Waals surface area (Å²) in [5.74, 6) is 0.642. The number of nitrogens with zero attached hydrogens (tertiary/aromatic N) is 2. The summed E-state index contributed by atoms with van der Waals surface area (Å²) in [7, 11) is 1.61. The van der Waals surface area contributed by atoms with Crippen LogP contribution in [0.4, 0.5) is 4.79 Å². The van der Waals surface area contributed by atoms with Crippen LogP contribution in [0.3, 0.4) is 0 Å². The fraction of sp³-hybridized carbons (Fsp3) is 0.273. The Labute approximate surface area is 165 Å². The topological polar surface area (TPSA) is 75.9 Å². The number of urea groups is 1. The van der Waals surface area contributed by atoms with Gasteiger partial charge in [0.2, 0.25) is 0 Å². The van der Waals surface area contributed by atoms with Gasteiger partial charge in [-0.2, -0.15) is 0 Å². The number of rotatable bonds is 4. The largest absolute Gasteiger partial charge is 0.496 e. The number of hydrogen-bond acceptors (Lipinski definition) is 3. The predicted molar refractivity (Wildman–Crippen MR) is 110 cm³/mol. The monoisotopic (exact) mass is 379 g/mol. The Morgan fingerprint density at radius 1 is 0.929 bits per heavy atom. The van der Waals surface area contributed by atoms with Gasteiger partial charge in [-0.15, -0.1) is 0 Å². The van der Waals surface area contributed by atoms with Crippen LogP contribution in [0.2, 0.25) is 0 Å². The second-order valence-corrected chi connectivity index (χ2v) is 6.64. The summed E-state index contributed by atoms with van der Waals surface area (Å²) in [4.78, 5) is 28.3. The van der Waals surface area contributed by atoms with Gasteiger partial charge in [0.15, 0.2) is 0 Å². The van der Waals surface area contributed by atoms with E-state index in [2.05, 4.69) is 0 Å². The lowest BCUT2D eigenvalue weighted by Gasteiger charge is -2.23. The maximum absolute atomic E-state index is 13.4. The van der Waals surface area contributed by atoms with E-state index in [1.807, 2.05) is 60.7 Å². The summed E-state index contributed by atoms with van der Waals surface area (Å²) >= 11 is 0. The van der Waals surface area contributed by atoms with Gasteiger partial charge >= 0.3 is 6.03 Å². The number of hydrogen-bond donors (Lipinski definition) is 1. The lowest BCUT2D eigenvalue weighted by molar-refractivity contribution is -0.124. The van der Waals surface area contributed by atoms with Crippen molar-refractivity contribution in [1.29, 1.82) is 0 Å². The highest BCUT2D eigenvalue weighted by Crippen LogP contribution is 2.26. The summed E-state index contributed by atoms with van der Waals surface area (Å²) in [6.07, 6.45) is 2.57. The van der Waals surface area contributed by atoms with Crippen LogP contribution in [0, 0.1) is 0 Å². The molecule has 6 nitrogen and oxygen atoms in total. The van der Waals surface area contributed by atoms with Crippen molar-refractivity contribution < 1.29 is 14.3 Å². The first-order chi connectivity index (χ1) is 13.6. The number of carbonyl (C=O) groups is 2. The van der Waals surface area contributed by atoms with E-state index in [1.165, 1.54) is 0 Å². The smallest absolute Gasteiger partial charge is 0.314 e. The van der Waals surface area contributed by atoms with Gasteiger partial charge in [0.1, 0.15) is 5.75 Å². The number of carbonyl (C=O) groups excluding carboxylic acids is 2. The van der Waals surface area contributed by atoms with E-state index in [-0.39, 0.29) is 5.91 Å². The van der Waals surface area contributed by atoms with Crippen molar-refractivity contribution in [3.8, 4) is 5.75 Å². The molecule has 1 heterocycles. The van der Waals surface area contributed by atoms with Crippen LogP contribution in [0.25, 0.3) is 11.6 Å². The van der Waals surface area contributed by atoms with E-state index in [0.29, 0.717) is 43.9 Å². The van der Waals surface area contributed by atoms with Gasteiger partial charge < -0.3 is 20.3 Å². The van der Waals surface area contributed by atoms with Crippen molar-refractivity contribution in [1.82, 2.24) is 9.80 Å². The van der Waals surface area contributed by atoms with E-state index in [1.54, 1.807) is 16.9 Å². The minimum Gasteiger partial charge on any atom is -0.496 e. The average Bonchev–Trinajstić information content (AvgIpc) is 2.99. The van der Waals surface area contributed by atoms with Gasteiger partial charge in [-0.05, 0) is 24.1 Å². The molecule has 2 N–H and O–H groups in total. The standard InChI is InChI=1S/C22H25N3O3/c1-28-20-11-6-5-10-18(20)16-19(17-8-3-2-4-9-17)21(26)24-12-7-13-25(15-14-24)22(23)27/h2-6,8-11,16H,7,12-15H2,1H3,(H2,23,27). The maximum atomic E-state index is 13.4. The number of primary amides is 1. The molecule has 0 unspecified atom stereocenters. The molecule has 0 spiro atoms. The molecule has 146 valence electrons. The highest BCUT2D eigenvalue weighted by molar-refractivity contribution is 6.24. The van der Waals surface area contributed by atoms with E-state index in [4.69, 9.17) is 10.5 Å². The van der Waals surface area contributed by atoms with Crippen LogP contribution >= 0.6 is 0 Å². The third-order valence-corrected chi connectivity index (χ3v) is 4.85. The van der Waals surface area contributed by atoms with Crippen LogP contribution in [-0.2, 0) is 4.79 Å².